The van der Waals surface area contributed by atoms with Gasteiger partial charge in [0, 0.05) is 5.69 Å². The highest BCUT2D eigenvalue weighted by atomic mass is 16.5. The number of carbonyl (C=O) groups is 2. The van der Waals surface area contributed by atoms with Crippen molar-refractivity contribution < 1.29 is 14.3 Å². The SMILES string of the molecule is CCCCOC(=O)c1ccccc1NC(=O)Nc1ccccc1C. The molecule has 0 saturated carbocycles. The maximum atomic E-state index is 12.2. The van der Waals surface area contributed by atoms with E-state index in [0.29, 0.717) is 17.9 Å². The summed E-state index contributed by atoms with van der Waals surface area (Å²) in [4.78, 5) is 24.3. The first kappa shape index (κ1) is 17.5. The molecule has 0 heterocycles. The van der Waals surface area contributed by atoms with E-state index in [2.05, 4.69) is 10.6 Å². The maximum absolute atomic E-state index is 12.2. The fourth-order valence-electron chi connectivity index (χ4n) is 2.15. The lowest BCUT2D eigenvalue weighted by Crippen LogP contribution is -2.21. The number of urea groups is 1. The molecular formula is C19H22N2O3. The van der Waals surface area contributed by atoms with Crippen molar-refractivity contribution in [3.63, 3.8) is 0 Å². The molecular weight excluding hydrogens is 304 g/mol. The fraction of sp³-hybridized carbons (Fsp3) is 0.263. The second kappa shape index (κ2) is 8.72. The Morgan fingerprint density at radius 2 is 1.58 bits per heavy atom. The van der Waals surface area contributed by atoms with E-state index in [1.54, 1.807) is 24.3 Å². The lowest BCUT2D eigenvalue weighted by atomic mass is 10.2. The Morgan fingerprint density at radius 3 is 2.29 bits per heavy atom. The normalized spacial score (nSPS) is 10.1. The Hall–Kier alpha value is -2.82. The van der Waals surface area contributed by atoms with Gasteiger partial charge in [0.15, 0.2) is 0 Å². The zero-order valence-electron chi connectivity index (χ0n) is 14.0. The topological polar surface area (TPSA) is 67.4 Å². The summed E-state index contributed by atoms with van der Waals surface area (Å²) < 4.78 is 5.22. The van der Waals surface area contributed by atoms with Crippen LogP contribution in [0, 0.1) is 6.92 Å². The van der Waals surface area contributed by atoms with Crippen molar-refractivity contribution in [2.24, 2.45) is 0 Å². The molecule has 126 valence electrons. The third-order valence-electron chi connectivity index (χ3n) is 3.52. The molecule has 2 aromatic rings. The molecule has 0 aliphatic carbocycles. The van der Waals surface area contributed by atoms with Crippen LogP contribution in [0.1, 0.15) is 35.7 Å². The van der Waals surface area contributed by atoms with Gasteiger partial charge in [-0.15, -0.1) is 0 Å². The van der Waals surface area contributed by atoms with Gasteiger partial charge in [0.2, 0.25) is 0 Å². The van der Waals surface area contributed by atoms with Crippen molar-refractivity contribution in [2.45, 2.75) is 26.7 Å². The summed E-state index contributed by atoms with van der Waals surface area (Å²) in [6.45, 7) is 4.31. The number of unbranched alkanes of at least 4 members (excludes halogenated alkanes) is 1. The molecule has 0 unspecified atom stereocenters. The zero-order chi connectivity index (χ0) is 17.4. The van der Waals surface area contributed by atoms with Crippen LogP contribution in [0.25, 0.3) is 0 Å². The minimum absolute atomic E-state index is 0.341. The molecule has 24 heavy (non-hydrogen) atoms. The molecule has 2 rings (SSSR count). The number of aryl methyl sites for hydroxylation is 1. The van der Waals surface area contributed by atoms with E-state index in [1.165, 1.54) is 0 Å². The van der Waals surface area contributed by atoms with Gasteiger partial charge in [0.1, 0.15) is 0 Å². The number of rotatable bonds is 6. The first-order valence-corrected chi connectivity index (χ1v) is 8.01. The summed E-state index contributed by atoms with van der Waals surface area (Å²) in [7, 11) is 0. The number of para-hydroxylation sites is 2. The lowest BCUT2D eigenvalue weighted by molar-refractivity contribution is 0.0501. The third-order valence-corrected chi connectivity index (χ3v) is 3.52. The van der Waals surface area contributed by atoms with E-state index in [9.17, 15) is 9.59 Å². The number of hydrogen-bond acceptors (Lipinski definition) is 3. The van der Waals surface area contributed by atoms with E-state index in [-0.39, 0.29) is 0 Å². The van der Waals surface area contributed by atoms with Crippen LogP contribution in [0.15, 0.2) is 48.5 Å². The standard InChI is InChI=1S/C19H22N2O3/c1-3-4-13-24-18(22)15-10-6-8-12-17(15)21-19(23)20-16-11-7-5-9-14(16)2/h5-12H,3-4,13H2,1-2H3,(H2,20,21,23). The van der Waals surface area contributed by atoms with Gasteiger partial charge in [-0.2, -0.15) is 0 Å². The number of esters is 1. The van der Waals surface area contributed by atoms with Crippen LogP contribution >= 0.6 is 0 Å². The van der Waals surface area contributed by atoms with E-state index in [1.807, 2.05) is 38.1 Å². The number of benzene rings is 2. The molecule has 2 N–H and O–H groups in total. The van der Waals surface area contributed by atoms with Crippen molar-refractivity contribution in [3.05, 3.63) is 59.7 Å². The Labute approximate surface area is 142 Å². The van der Waals surface area contributed by atoms with E-state index in [4.69, 9.17) is 4.74 Å². The lowest BCUT2D eigenvalue weighted by Gasteiger charge is -2.12. The van der Waals surface area contributed by atoms with Crippen molar-refractivity contribution in [1.29, 1.82) is 0 Å². The highest BCUT2D eigenvalue weighted by Gasteiger charge is 2.14. The molecule has 0 radical (unpaired) electrons. The smallest absolute Gasteiger partial charge is 0.340 e. The highest BCUT2D eigenvalue weighted by molar-refractivity contribution is 6.05. The predicted molar refractivity (Wildman–Crippen MR) is 95.5 cm³/mol. The maximum Gasteiger partial charge on any atom is 0.340 e. The summed E-state index contributed by atoms with van der Waals surface area (Å²) >= 11 is 0. The average Bonchev–Trinajstić information content (AvgIpc) is 2.57. The van der Waals surface area contributed by atoms with Crippen molar-refractivity contribution in [1.82, 2.24) is 0 Å². The Bertz CT molecular complexity index is 713. The summed E-state index contributed by atoms with van der Waals surface area (Å²) in [5.74, 6) is -0.435. The second-order valence-corrected chi connectivity index (χ2v) is 5.43. The predicted octanol–water partition coefficient (Wildman–Crippen LogP) is 4.60. The minimum atomic E-state index is -0.435. The van der Waals surface area contributed by atoms with Gasteiger partial charge in [-0.3, -0.25) is 0 Å². The van der Waals surface area contributed by atoms with Crippen LogP contribution in [-0.4, -0.2) is 18.6 Å². The average molecular weight is 326 g/mol. The molecule has 0 atom stereocenters. The van der Waals surface area contributed by atoms with Gasteiger partial charge in [0.05, 0.1) is 17.9 Å². The molecule has 0 saturated heterocycles. The van der Waals surface area contributed by atoms with Gasteiger partial charge >= 0.3 is 12.0 Å². The number of hydrogen-bond donors (Lipinski definition) is 2. The van der Waals surface area contributed by atoms with Gasteiger partial charge in [-0.05, 0) is 37.1 Å². The highest BCUT2D eigenvalue weighted by Crippen LogP contribution is 2.18. The molecule has 0 spiro atoms. The molecule has 5 nitrogen and oxygen atoms in total. The number of nitrogens with one attached hydrogen (secondary N) is 2. The summed E-state index contributed by atoms with van der Waals surface area (Å²) in [5, 5.41) is 5.48. The number of ether oxygens (including phenoxy) is 1. The number of carbonyl (C=O) groups excluding carboxylic acids is 2. The van der Waals surface area contributed by atoms with E-state index >= 15 is 0 Å². The summed E-state index contributed by atoms with van der Waals surface area (Å²) in [5.41, 5.74) is 2.44. The monoisotopic (exact) mass is 326 g/mol. The third kappa shape index (κ3) is 4.84. The van der Waals surface area contributed by atoms with Crippen LogP contribution in [-0.2, 0) is 4.74 Å². The van der Waals surface area contributed by atoms with Crippen LogP contribution in [0.2, 0.25) is 0 Å². The molecule has 0 aliphatic heterocycles. The zero-order valence-corrected chi connectivity index (χ0v) is 14.0. The van der Waals surface area contributed by atoms with Gasteiger partial charge in [-0.25, -0.2) is 9.59 Å². The first-order chi connectivity index (χ1) is 11.6. The van der Waals surface area contributed by atoms with Crippen LogP contribution < -0.4 is 10.6 Å². The van der Waals surface area contributed by atoms with Crippen LogP contribution in [0.5, 0.6) is 0 Å². The van der Waals surface area contributed by atoms with Crippen molar-refractivity contribution in [2.75, 3.05) is 17.2 Å². The Kier molecular flexibility index (Phi) is 6.37. The second-order valence-electron chi connectivity index (χ2n) is 5.43. The van der Waals surface area contributed by atoms with E-state index < -0.39 is 12.0 Å². The molecule has 2 amide bonds. The number of anilines is 2. The number of amides is 2. The van der Waals surface area contributed by atoms with Crippen molar-refractivity contribution >= 4 is 23.4 Å². The summed E-state index contributed by atoms with van der Waals surface area (Å²) in [6.07, 6.45) is 1.76. The van der Waals surface area contributed by atoms with Crippen LogP contribution in [0.3, 0.4) is 0 Å². The first-order valence-electron chi connectivity index (χ1n) is 8.01. The fourth-order valence-corrected chi connectivity index (χ4v) is 2.15. The van der Waals surface area contributed by atoms with Gasteiger partial charge < -0.3 is 15.4 Å². The largest absolute Gasteiger partial charge is 0.462 e. The molecule has 0 aliphatic rings. The molecule has 2 aromatic carbocycles. The van der Waals surface area contributed by atoms with Crippen LogP contribution in [0.4, 0.5) is 16.2 Å². The quantitative estimate of drug-likeness (QED) is 0.602. The Morgan fingerprint density at radius 1 is 0.958 bits per heavy atom. The molecule has 5 heteroatoms. The Balaban J connectivity index is 2.05. The van der Waals surface area contributed by atoms with E-state index in [0.717, 1.165) is 24.1 Å². The minimum Gasteiger partial charge on any atom is -0.462 e. The van der Waals surface area contributed by atoms with Crippen molar-refractivity contribution in [3.8, 4) is 0 Å². The summed E-state index contributed by atoms with van der Waals surface area (Å²) in [6, 6.07) is 13.9. The molecule has 0 bridgehead atoms. The molecule has 0 fully saturated rings. The van der Waals surface area contributed by atoms with Gasteiger partial charge in [-0.1, -0.05) is 43.7 Å². The van der Waals surface area contributed by atoms with Gasteiger partial charge in [0.25, 0.3) is 0 Å². The molecule has 0 aromatic heterocycles.